The van der Waals surface area contributed by atoms with Crippen LogP contribution in [0.15, 0.2) is 53.4 Å². The van der Waals surface area contributed by atoms with Crippen molar-refractivity contribution < 1.29 is 22.7 Å². The average molecular weight is 470 g/mol. The second kappa shape index (κ2) is 9.69. The summed E-state index contributed by atoms with van der Waals surface area (Å²) >= 11 is 6.95. The molecule has 160 valence electrons. The Morgan fingerprint density at radius 2 is 1.87 bits per heavy atom. The maximum Gasteiger partial charge on any atom is 0.241 e. The van der Waals surface area contributed by atoms with Gasteiger partial charge >= 0.3 is 0 Å². The predicted molar refractivity (Wildman–Crippen MR) is 116 cm³/mol. The number of carbonyl (C=O) groups is 2. The minimum Gasteiger partial charge on any atom is -0.497 e. The summed E-state index contributed by atoms with van der Waals surface area (Å²) in [5, 5.41) is 7.44. The lowest BCUT2D eigenvalue weighted by Crippen LogP contribution is -2.59. The van der Waals surface area contributed by atoms with E-state index in [4.69, 9.17) is 16.3 Å². The number of amides is 2. The van der Waals surface area contributed by atoms with Crippen LogP contribution in [-0.2, 0) is 19.4 Å². The lowest BCUT2D eigenvalue weighted by molar-refractivity contribution is -0.122. The molecule has 2 aromatic rings. The number of nitrogens with one attached hydrogen (secondary N) is 3. The molecule has 1 aliphatic rings. The van der Waals surface area contributed by atoms with Gasteiger partial charge in [0, 0.05) is 17.3 Å². The van der Waals surface area contributed by atoms with Gasteiger partial charge in [-0.3, -0.25) is 14.9 Å². The Balaban J connectivity index is 1.51. The number of carbonyl (C=O) groups excluding carboxylic acids is 2. The van der Waals surface area contributed by atoms with E-state index in [9.17, 15) is 18.0 Å². The smallest absolute Gasteiger partial charge is 0.241 e. The number of ether oxygens (including phenoxy) is 1. The number of halogens is 1. The fourth-order valence-corrected chi connectivity index (χ4v) is 5.19. The average Bonchev–Trinajstić information content (AvgIpc) is 2.73. The summed E-state index contributed by atoms with van der Waals surface area (Å²) in [6, 6.07) is 12.6. The molecule has 0 bridgehead atoms. The summed E-state index contributed by atoms with van der Waals surface area (Å²) in [5.74, 6) is -0.119. The van der Waals surface area contributed by atoms with E-state index in [-0.39, 0.29) is 23.1 Å². The predicted octanol–water partition coefficient (Wildman–Crippen LogP) is 1.87. The minimum atomic E-state index is -3.86. The molecule has 30 heavy (non-hydrogen) atoms. The topological polar surface area (TPSA) is 114 Å². The zero-order chi connectivity index (χ0) is 21.7. The molecular weight excluding hydrogens is 450 g/mol. The third-order valence-electron chi connectivity index (χ3n) is 4.33. The molecule has 11 heteroatoms. The number of thioether (sulfide) groups is 1. The van der Waals surface area contributed by atoms with Crippen molar-refractivity contribution in [3.05, 3.63) is 53.6 Å². The first kappa shape index (κ1) is 22.4. The zero-order valence-electron chi connectivity index (χ0n) is 15.9. The summed E-state index contributed by atoms with van der Waals surface area (Å²) in [6.07, 6.45) is 0. The summed E-state index contributed by atoms with van der Waals surface area (Å²) in [4.78, 5) is 24.5. The van der Waals surface area contributed by atoms with Crippen LogP contribution in [0.3, 0.4) is 0 Å². The van der Waals surface area contributed by atoms with Crippen LogP contribution in [0.4, 0.5) is 5.69 Å². The Morgan fingerprint density at radius 3 is 2.47 bits per heavy atom. The lowest BCUT2D eigenvalue weighted by atomic mass is 10.3. The van der Waals surface area contributed by atoms with Crippen molar-refractivity contribution in [3.8, 4) is 5.75 Å². The van der Waals surface area contributed by atoms with E-state index in [2.05, 4.69) is 16.0 Å². The highest BCUT2D eigenvalue weighted by atomic mass is 35.5. The van der Waals surface area contributed by atoms with Crippen LogP contribution < -0.4 is 20.7 Å². The van der Waals surface area contributed by atoms with Crippen molar-refractivity contribution in [1.29, 1.82) is 0 Å². The molecule has 0 saturated carbocycles. The monoisotopic (exact) mass is 469 g/mol. The van der Waals surface area contributed by atoms with Gasteiger partial charge in [0.25, 0.3) is 0 Å². The fourth-order valence-electron chi connectivity index (χ4n) is 2.75. The van der Waals surface area contributed by atoms with Crippen LogP contribution in [0.1, 0.15) is 0 Å². The van der Waals surface area contributed by atoms with E-state index < -0.39 is 26.5 Å². The number of methoxy groups -OCH3 is 1. The highest BCUT2D eigenvalue weighted by Crippen LogP contribution is 2.22. The summed E-state index contributed by atoms with van der Waals surface area (Å²) in [7, 11) is -2.30. The fraction of sp³-hybridized carbons (Fsp3) is 0.263. The van der Waals surface area contributed by atoms with Crippen LogP contribution in [-0.4, -0.2) is 50.4 Å². The SMILES string of the molecule is COc1ccc(NC(=O)CSC2NCC(S(=O)(=O)c3ccc(Cl)cc3)C(=O)N2)cc1. The number of hydrogen-bond donors (Lipinski definition) is 3. The highest BCUT2D eigenvalue weighted by molar-refractivity contribution is 8.00. The van der Waals surface area contributed by atoms with E-state index in [1.807, 2.05) is 0 Å². The molecule has 3 rings (SSSR count). The van der Waals surface area contributed by atoms with Crippen LogP contribution in [0, 0.1) is 0 Å². The summed E-state index contributed by atoms with van der Waals surface area (Å²) in [6.45, 7) is -0.0610. The molecule has 0 spiro atoms. The van der Waals surface area contributed by atoms with Gasteiger partial charge in [0.05, 0.1) is 17.8 Å². The Morgan fingerprint density at radius 1 is 1.20 bits per heavy atom. The zero-order valence-corrected chi connectivity index (χ0v) is 18.3. The van der Waals surface area contributed by atoms with E-state index >= 15 is 0 Å². The van der Waals surface area contributed by atoms with Crippen LogP contribution in [0.2, 0.25) is 5.02 Å². The Kier molecular flexibility index (Phi) is 7.24. The minimum absolute atomic E-state index is 0.0267. The standard InChI is InChI=1S/C19H20ClN3O5S2/c1-28-14-6-4-13(5-7-14)22-17(24)11-29-19-21-10-16(18(25)23-19)30(26,27)15-8-2-12(20)3-9-15/h2-9,16,19,21H,10-11H2,1H3,(H,22,24)(H,23,25). The quantitative estimate of drug-likeness (QED) is 0.567. The van der Waals surface area contributed by atoms with Crippen molar-refractivity contribution in [2.24, 2.45) is 0 Å². The van der Waals surface area contributed by atoms with Gasteiger partial charge in [0.15, 0.2) is 15.1 Å². The van der Waals surface area contributed by atoms with Crippen molar-refractivity contribution in [2.75, 3.05) is 24.7 Å². The Hall–Kier alpha value is -2.27. The van der Waals surface area contributed by atoms with Gasteiger partial charge in [-0.25, -0.2) is 8.42 Å². The normalized spacial score (nSPS) is 19.1. The molecule has 2 aromatic carbocycles. The van der Waals surface area contributed by atoms with Crippen LogP contribution in [0.25, 0.3) is 0 Å². The van der Waals surface area contributed by atoms with Gasteiger partial charge < -0.3 is 15.4 Å². The summed E-state index contributed by atoms with van der Waals surface area (Å²) < 4.78 is 30.5. The first-order valence-corrected chi connectivity index (χ1v) is 11.9. The van der Waals surface area contributed by atoms with Gasteiger partial charge in [0.2, 0.25) is 11.8 Å². The van der Waals surface area contributed by atoms with Crippen LogP contribution >= 0.6 is 23.4 Å². The van der Waals surface area contributed by atoms with Crippen molar-refractivity contribution in [1.82, 2.24) is 10.6 Å². The number of sulfone groups is 1. The molecular formula is C19H20ClN3O5S2. The highest BCUT2D eigenvalue weighted by Gasteiger charge is 2.38. The van der Waals surface area contributed by atoms with E-state index in [0.717, 1.165) is 11.8 Å². The molecule has 1 heterocycles. The van der Waals surface area contributed by atoms with Gasteiger partial charge in [0.1, 0.15) is 11.2 Å². The molecule has 0 aliphatic carbocycles. The van der Waals surface area contributed by atoms with Crippen molar-refractivity contribution >= 4 is 50.7 Å². The van der Waals surface area contributed by atoms with Crippen molar-refractivity contribution in [2.45, 2.75) is 15.6 Å². The molecule has 2 atom stereocenters. The molecule has 0 aromatic heterocycles. The molecule has 1 saturated heterocycles. The van der Waals surface area contributed by atoms with E-state index in [1.165, 1.54) is 24.3 Å². The Bertz CT molecular complexity index is 1010. The number of rotatable bonds is 7. The van der Waals surface area contributed by atoms with Crippen LogP contribution in [0.5, 0.6) is 5.75 Å². The molecule has 2 unspecified atom stereocenters. The first-order valence-electron chi connectivity index (χ1n) is 8.88. The van der Waals surface area contributed by atoms with Crippen molar-refractivity contribution in [3.63, 3.8) is 0 Å². The number of anilines is 1. The lowest BCUT2D eigenvalue weighted by Gasteiger charge is -2.29. The summed E-state index contributed by atoms with van der Waals surface area (Å²) in [5.41, 5.74) is 0.0481. The molecule has 2 amide bonds. The molecule has 3 N–H and O–H groups in total. The maximum absolute atomic E-state index is 12.7. The maximum atomic E-state index is 12.7. The second-order valence-corrected chi connectivity index (χ2v) is 10.0. The number of benzene rings is 2. The largest absolute Gasteiger partial charge is 0.497 e. The van der Waals surface area contributed by atoms with E-state index in [0.29, 0.717) is 16.5 Å². The first-order chi connectivity index (χ1) is 14.3. The van der Waals surface area contributed by atoms with Gasteiger partial charge in [-0.05, 0) is 48.5 Å². The van der Waals surface area contributed by atoms with Gasteiger partial charge in [-0.2, -0.15) is 0 Å². The van der Waals surface area contributed by atoms with Gasteiger partial charge in [-0.1, -0.05) is 11.6 Å². The molecule has 0 radical (unpaired) electrons. The van der Waals surface area contributed by atoms with E-state index in [1.54, 1.807) is 31.4 Å². The molecule has 8 nitrogen and oxygen atoms in total. The number of hydrogen-bond acceptors (Lipinski definition) is 7. The second-order valence-electron chi connectivity index (χ2n) is 6.37. The third-order valence-corrected chi connectivity index (χ3v) is 7.68. The van der Waals surface area contributed by atoms with Gasteiger partial charge in [-0.15, -0.1) is 11.8 Å². The Labute approximate surface area is 183 Å². The molecule has 1 fully saturated rings. The third kappa shape index (κ3) is 5.45. The molecule has 1 aliphatic heterocycles.